The number of rotatable bonds is 8. The van der Waals surface area contributed by atoms with Gasteiger partial charge in [0.25, 0.3) is 5.91 Å². The van der Waals surface area contributed by atoms with Gasteiger partial charge in [-0.2, -0.15) is 0 Å². The third-order valence-electron chi connectivity index (χ3n) is 4.85. The lowest BCUT2D eigenvalue weighted by molar-refractivity contribution is -0.157. The van der Waals surface area contributed by atoms with Gasteiger partial charge in [0, 0.05) is 36.6 Å². The third-order valence-corrected chi connectivity index (χ3v) is 5.72. The predicted molar refractivity (Wildman–Crippen MR) is 105 cm³/mol. The number of aliphatic hydroxyl groups is 1. The normalized spacial score (nSPS) is 20.0. The Labute approximate surface area is 163 Å². The second-order valence-electron chi connectivity index (χ2n) is 6.70. The topological polar surface area (TPSA) is 71.0 Å². The minimum Gasteiger partial charge on any atom is -0.493 e. The van der Waals surface area contributed by atoms with E-state index in [1.165, 1.54) is 4.88 Å². The molecule has 2 aromatic rings. The van der Waals surface area contributed by atoms with E-state index >= 15 is 0 Å². The van der Waals surface area contributed by atoms with Gasteiger partial charge in [-0.1, -0.05) is 18.2 Å². The molecule has 27 heavy (non-hydrogen) atoms. The average molecular weight is 391 g/mol. The summed E-state index contributed by atoms with van der Waals surface area (Å²) in [6.07, 6.45) is 1.23. The van der Waals surface area contributed by atoms with Crippen LogP contribution in [-0.2, 0) is 17.9 Å². The number of likely N-dealkylation sites (tertiary alicyclic amines) is 1. The SMILES string of the molecule is COc1cccc(CN2CCCC(O)(CNCc3cccs3)C2=O)c1OC. The fraction of sp³-hybridized carbons (Fsp3) is 0.450. The number of nitrogens with one attached hydrogen (secondary N) is 1. The van der Waals surface area contributed by atoms with Crippen molar-refractivity contribution < 1.29 is 19.4 Å². The molecule has 1 fully saturated rings. The molecule has 0 bridgehead atoms. The van der Waals surface area contributed by atoms with E-state index in [0.29, 0.717) is 37.6 Å². The van der Waals surface area contributed by atoms with Gasteiger partial charge in [0.2, 0.25) is 0 Å². The number of hydrogen-bond acceptors (Lipinski definition) is 6. The van der Waals surface area contributed by atoms with Gasteiger partial charge in [-0.25, -0.2) is 0 Å². The van der Waals surface area contributed by atoms with Crippen molar-refractivity contribution in [3.8, 4) is 11.5 Å². The molecule has 0 radical (unpaired) electrons. The highest BCUT2D eigenvalue weighted by molar-refractivity contribution is 7.09. The minimum atomic E-state index is -1.37. The van der Waals surface area contributed by atoms with Crippen LogP contribution in [0.1, 0.15) is 23.3 Å². The van der Waals surface area contributed by atoms with Gasteiger partial charge >= 0.3 is 0 Å². The number of ether oxygens (including phenoxy) is 2. The number of carbonyl (C=O) groups is 1. The zero-order valence-corrected chi connectivity index (χ0v) is 16.6. The molecule has 0 saturated carbocycles. The van der Waals surface area contributed by atoms with Gasteiger partial charge < -0.3 is 24.8 Å². The largest absolute Gasteiger partial charge is 0.493 e. The van der Waals surface area contributed by atoms with Gasteiger partial charge in [-0.05, 0) is 30.4 Å². The number of nitrogens with zero attached hydrogens (tertiary/aromatic N) is 1. The number of thiophene rings is 1. The Bertz CT molecular complexity index is 765. The van der Waals surface area contributed by atoms with Crippen molar-refractivity contribution in [3.05, 3.63) is 46.2 Å². The van der Waals surface area contributed by atoms with Crippen molar-refractivity contribution in [1.29, 1.82) is 0 Å². The van der Waals surface area contributed by atoms with E-state index in [0.717, 1.165) is 12.0 Å². The summed E-state index contributed by atoms with van der Waals surface area (Å²) >= 11 is 1.65. The Morgan fingerprint density at radius 3 is 2.81 bits per heavy atom. The maximum Gasteiger partial charge on any atom is 0.256 e. The fourth-order valence-corrected chi connectivity index (χ4v) is 4.14. The van der Waals surface area contributed by atoms with Crippen molar-refractivity contribution in [2.45, 2.75) is 31.5 Å². The Balaban J connectivity index is 1.67. The molecule has 1 aliphatic rings. The van der Waals surface area contributed by atoms with Gasteiger partial charge in [-0.3, -0.25) is 4.79 Å². The number of piperidine rings is 1. The van der Waals surface area contributed by atoms with Crippen LogP contribution in [0.25, 0.3) is 0 Å². The van der Waals surface area contributed by atoms with E-state index in [1.807, 2.05) is 35.7 Å². The number of benzene rings is 1. The zero-order chi connectivity index (χ0) is 19.3. The number of methoxy groups -OCH3 is 2. The molecule has 1 aromatic heterocycles. The van der Waals surface area contributed by atoms with E-state index in [-0.39, 0.29) is 12.5 Å². The zero-order valence-electron chi connectivity index (χ0n) is 15.7. The van der Waals surface area contributed by atoms with Crippen molar-refractivity contribution >= 4 is 17.2 Å². The molecule has 0 aliphatic carbocycles. The lowest BCUT2D eigenvalue weighted by Crippen LogP contribution is -2.57. The van der Waals surface area contributed by atoms with Crippen LogP contribution in [0.5, 0.6) is 11.5 Å². The summed E-state index contributed by atoms with van der Waals surface area (Å²) in [5.41, 5.74) is -0.511. The highest BCUT2D eigenvalue weighted by atomic mass is 32.1. The maximum absolute atomic E-state index is 13.0. The van der Waals surface area contributed by atoms with Crippen molar-refractivity contribution in [1.82, 2.24) is 10.2 Å². The quantitative estimate of drug-likeness (QED) is 0.724. The molecule has 3 rings (SSSR count). The van der Waals surface area contributed by atoms with E-state index < -0.39 is 5.60 Å². The van der Waals surface area contributed by atoms with Crippen LogP contribution in [0.3, 0.4) is 0 Å². The lowest BCUT2D eigenvalue weighted by Gasteiger charge is -2.38. The molecular weight excluding hydrogens is 364 g/mol. The first kappa shape index (κ1) is 19.7. The average Bonchev–Trinajstić information content (AvgIpc) is 3.19. The molecule has 1 unspecified atom stereocenters. The first-order valence-electron chi connectivity index (χ1n) is 9.02. The molecule has 1 amide bonds. The van der Waals surface area contributed by atoms with Crippen LogP contribution in [0, 0.1) is 0 Å². The number of carbonyl (C=O) groups excluding carboxylic acids is 1. The molecule has 7 heteroatoms. The summed E-state index contributed by atoms with van der Waals surface area (Å²) in [5.74, 6) is 1.02. The molecular formula is C20H26N2O4S. The van der Waals surface area contributed by atoms with E-state index in [9.17, 15) is 9.90 Å². The molecule has 0 spiro atoms. The summed E-state index contributed by atoms with van der Waals surface area (Å²) < 4.78 is 10.8. The summed E-state index contributed by atoms with van der Waals surface area (Å²) in [6, 6.07) is 9.64. The summed E-state index contributed by atoms with van der Waals surface area (Å²) in [4.78, 5) is 15.8. The Morgan fingerprint density at radius 1 is 1.26 bits per heavy atom. The van der Waals surface area contributed by atoms with E-state index in [2.05, 4.69) is 5.32 Å². The summed E-state index contributed by atoms with van der Waals surface area (Å²) in [5, 5.41) is 16.2. The molecule has 146 valence electrons. The van der Waals surface area contributed by atoms with Gasteiger partial charge in [0.1, 0.15) is 0 Å². The molecule has 2 heterocycles. The molecule has 2 N–H and O–H groups in total. The Hall–Kier alpha value is -2.09. The van der Waals surface area contributed by atoms with E-state index in [1.54, 1.807) is 30.5 Å². The Kier molecular flexibility index (Phi) is 6.36. The molecule has 1 aromatic carbocycles. The van der Waals surface area contributed by atoms with Crippen molar-refractivity contribution in [3.63, 3.8) is 0 Å². The van der Waals surface area contributed by atoms with Gasteiger partial charge in [0.15, 0.2) is 17.1 Å². The first-order valence-corrected chi connectivity index (χ1v) is 9.90. The van der Waals surface area contributed by atoms with Crippen LogP contribution in [0.4, 0.5) is 0 Å². The van der Waals surface area contributed by atoms with Crippen LogP contribution in [0.15, 0.2) is 35.7 Å². The third kappa shape index (κ3) is 4.43. The fourth-order valence-electron chi connectivity index (χ4n) is 3.47. The standard InChI is InChI=1S/C20H26N2O4S/c1-25-17-8-3-6-15(18(17)26-2)13-22-10-5-9-20(24,19(22)23)14-21-12-16-7-4-11-27-16/h3-4,6-8,11,21,24H,5,9-10,12-14H2,1-2H3. The second-order valence-corrected chi connectivity index (χ2v) is 7.73. The van der Waals surface area contributed by atoms with Crippen LogP contribution >= 0.6 is 11.3 Å². The van der Waals surface area contributed by atoms with Crippen molar-refractivity contribution in [2.24, 2.45) is 0 Å². The highest BCUT2D eigenvalue weighted by Gasteiger charge is 2.42. The first-order chi connectivity index (χ1) is 13.1. The summed E-state index contributed by atoms with van der Waals surface area (Å²) in [6.45, 7) is 1.89. The molecule has 1 saturated heterocycles. The number of para-hydroxylation sites is 1. The molecule has 1 aliphatic heterocycles. The lowest BCUT2D eigenvalue weighted by atomic mass is 9.91. The van der Waals surface area contributed by atoms with Crippen LogP contribution in [0.2, 0.25) is 0 Å². The summed E-state index contributed by atoms with van der Waals surface area (Å²) in [7, 11) is 3.18. The number of hydrogen-bond donors (Lipinski definition) is 2. The smallest absolute Gasteiger partial charge is 0.256 e. The second kappa shape index (κ2) is 8.73. The Morgan fingerprint density at radius 2 is 2.11 bits per heavy atom. The van der Waals surface area contributed by atoms with Crippen LogP contribution < -0.4 is 14.8 Å². The van der Waals surface area contributed by atoms with Crippen LogP contribution in [-0.4, -0.2) is 48.8 Å². The van der Waals surface area contributed by atoms with E-state index in [4.69, 9.17) is 9.47 Å². The molecule has 1 atom stereocenters. The minimum absolute atomic E-state index is 0.239. The maximum atomic E-state index is 13.0. The van der Waals surface area contributed by atoms with Crippen molar-refractivity contribution in [2.75, 3.05) is 27.3 Å². The van der Waals surface area contributed by atoms with Gasteiger partial charge in [-0.15, -0.1) is 11.3 Å². The van der Waals surface area contributed by atoms with Gasteiger partial charge in [0.05, 0.1) is 14.2 Å². The molecule has 6 nitrogen and oxygen atoms in total. The predicted octanol–water partition coefficient (Wildman–Crippen LogP) is 2.41. The highest BCUT2D eigenvalue weighted by Crippen LogP contribution is 2.33. The number of amides is 1. The monoisotopic (exact) mass is 390 g/mol.